The van der Waals surface area contributed by atoms with Gasteiger partial charge in [-0.1, -0.05) is 30.5 Å². The van der Waals surface area contributed by atoms with E-state index in [2.05, 4.69) is 10.3 Å². The van der Waals surface area contributed by atoms with Crippen LogP contribution in [-0.2, 0) is 6.54 Å². The number of nitrogens with one attached hydrogen (secondary N) is 1. The molecule has 2 heterocycles. The van der Waals surface area contributed by atoms with Crippen molar-refractivity contribution in [3.05, 3.63) is 35.2 Å². The molecule has 0 saturated heterocycles. The Bertz CT molecular complexity index is 578. The number of aromatic nitrogens is 2. The number of nitrogens with zero attached hydrogens (tertiary/aromatic N) is 2. The van der Waals surface area contributed by atoms with Crippen LogP contribution in [0.4, 0.5) is 0 Å². The van der Waals surface area contributed by atoms with E-state index in [1.54, 1.807) is 0 Å². The third-order valence-corrected chi connectivity index (χ3v) is 4.47. The Morgan fingerprint density at radius 1 is 1.40 bits per heavy atom. The summed E-state index contributed by atoms with van der Waals surface area (Å²) in [7, 11) is 0. The first-order valence-electron chi connectivity index (χ1n) is 7.26. The summed E-state index contributed by atoms with van der Waals surface area (Å²) in [6.45, 7) is 1.23. The van der Waals surface area contributed by atoms with Crippen LogP contribution in [0.25, 0.3) is 5.65 Å². The van der Waals surface area contributed by atoms with Crippen molar-refractivity contribution < 1.29 is 5.11 Å². The molecule has 1 fully saturated rings. The van der Waals surface area contributed by atoms with Crippen molar-refractivity contribution in [2.24, 2.45) is 5.92 Å². The van der Waals surface area contributed by atoms with Crippen LogP contribution in [0.1, 0.15) is 31.4 Å². The average Bonchev–Trinajstić information content (AvgIpc) is 3.07. The molecule has 1 saturated carbocycles. The molecule has 0 radical (unpaired) electrons. The highest BCUT2D eigenvalue weighted by Crippen LogP contribution is 2.27. The number of hydrogen-bond acceptors (Lipinski definition) is 3. The monoisotopic (exact) mass is 293 g/mol. The summed E-state index contributed by atoms with van der Waals surface area (Å²) in [5, 5.41) is 14.0. The van der Waals surface area contributed by atoms with Crippen molar-refractivity contribution in [3.63, 3.8) is 0 Å². The molecule has 1 aliphatic carbocycles. The molecule has 2 aromatic rings. The van der Waals surface area contributed by atoms with Crippen LogP contribution >= 0.6 is 11.6 Å². The molecule has 108 valence electrons. The summed E-state index contributed by atoms with van der Waals surface area (Å²) in [4.78, 5) is 4.31. The van der Waals surface area contributed by atoms with Crippen LogP contribution in [0.3, 0.4) is 0 Å². The fraction of sp³-hybridized carbons (Fsp3) is 0.533. The molecule has 0 spiro atoms. The van der Waals surface area contributed by atoms with Gasteiger partial charge in [0.15, 0.2) is 5.15 Å². The number of halogens is 1. The minimum absolute atomic E-state index is 0.254. The van der Waals surface area contributed by atoms with Gasteiger partial charge in [-0.05, 0) is 30.9 Å². The summed E-state index contributed by atoms with van der Waals surface area (Å²) in [6, 6.07) is 5.84. The summed E-state index contributed by atoms with van der Waals surface area (Å²) < 4.78 is 1.98. The van der Waals surface area contributed by atoms with Gasteiger partial charge in [-0.25, -0.2) is 4.98 Å². The molecule has 0 bridgehead atoms. The van der Waals surface area contributed by atoms with E-state index in [9.17, 15) is 5.11 Å². The van der Waals surface area contributed by atoms with Gasteiger partial charge in [0.2, 0.25) is 0 Å². The third-order valence-electron chi connectivity index (χ3n) is 4.17. The Hall–Kier alpha value is -1.10. The Morgan fingerprint density at radius 2 is 2.20 bits per heavy atom. The van der Waals surface area contributed by atoms with Crippen molar-refractivity contribution >= 4 is 17.2 Å². The van der Waals surface area contributed by atoms with Crippen LogP contribution in [0.2, 0.25) is 5.15 Å². The zero-order chi connectivity index (χ0) is 13.9. The van der Waals surface area contributed by atoms with Gasteiger partial charge >= 0.3 is 0 Å². The van der Waals surface area contributed by atoms with E-state index in [-0.39, 0.29) is 6.10 Å². The lowest BCUT2D eigenvalue weighted by Crippen LogP contribution is -2.31. The topological polar surface area (TPSA) is 49.6 Å². The molecule has 4 nitrogen and oxygen atoms in total. The van der Waals surface area contributed by atoms with Crippen LogP contribution in [0, 0.1) is 5.92 Å². The zero-order valence-corrected chi connectivity index (χ0v) is 12.2. The summed E-state index contributed by atoms with van der Waals surface area (Å²) in [5.41, 5.74) is 1.80. The lowest BCUT2D eigenvalue weighted by atomic mass is 10.0. The Kier molecular flexibility index (Phi) is 4.24. The molecule has 2 aromatic heterocycles. The lowest BCUT2D eigenvalue weighted by Gasteiger charge is -2.18. The molecule has 3 rings (SSSR count). The van der Waals surface area contributed by atoms with E-state index in [0.29, 0.717) is 24.2 Å². The average molecular weight is 294 g/mol. The zero-order valence-electron chi connectivity index (χ0n) is 11.4. The highest BCUT2D eigenvalue weighted by atomic mass is 35.5. The van der Waals surface area contributed by atoms with Crippen LogP contribution in [-0.4, -0.2) is 27.1 Å². The summed E-state index contributed by atoms with van der Waals surface area (Å²) >= 11 is 6.18. The maximum absolute atomic E-state index is 10.1. The van der Waals surface area contributed by atoms with Crippen molar-refractivity contribution in [3.8, 4) is 0 Å². The number of rotatable bonds is 5. The first kappa shape index (κ1) is 13.9. The Morgan fingerprint density at radius 3 is 3.00 bits per heavy atom. The second-order valence-electron chi connectivity index (χ2n) is 5.52. The van der Waals surface area contributed by atoms with Crippen molar-refractivity contribution in [1.29, 1.82) is 0 Å². The lowest BCUT2D eigenvalue weighted by molar-refractivity contribution is 0.109. The highest BCUT2D eigenvalue weighted by molar-refractivity contribution is 6.30. The molecule has 5 heteroatoms. The van der Waals surface area contributed by atoms with Crippen LogP contribution in [0.15, 0.2) is 24.4 Å². The highest BCUT2D eigenvalue weighted by Gasteiger charge is 2.22. The molecular formula is C15H20ClN3O. The number of fused-ring (bicyclic) bond motifs is 1. The number of hydrogen-bond donors (Lipinski definition) is 2. The SMILES string of the molecule is OC(CNCc1c(Cl)nc2ccccn12)C1CCCC1. The minimum Gasteiger partial charge on any atom is -0.392 e. The standard InChI is InChI=1S/C15H20ClN3O/c16-15-12(19-8-4-3-7-14(19)18-15)9-17-10-13(20)11-5-1-2-6-11/h3-4,7-8,11,13,17,20H,1-2,5-6,9-10H2. The Labute approximate surface area is 123 Å². The Balaban J connectivity index is 1.61. The first-order chi connectivity index (χ1) is 9.75. The number of aliphatic hydroxyl groups excluding tert-OH is 1. The second-order valence-corrected chi connectivity index (χ2v) is 5.88. The third kappa shape index (κ3) is 2.82. The van der Waals surface area contributed by atoms with E-state index < -0.39 is 0 Å². The normalized spacial score (nSPS) is 17.9. The molecule has 0 amide bonds. The number of pyridine rings is 1. The van der Waals surface area contributed by atoms with Crippen LogP contribution < -0.4 is 5.32 Å². The second kappa shape index (κ2) is 6.12. The molecule has 2 N–H and O–H groups in total. The van der Waals surface area contributed by atoms with Gasteiger partial charge in [0.05, 0.1) is 11.8 Å². The van der Waals surface area contributed by atoms with E-state index in [0.717, 1.165) is 24.2 Å². The van der Waals surface area contributed by atoms with Gasteiger partial charge in [-0.2, -0.15) is 0 Å². The maximum Gasteiger partial charge on any atom is 0.152 e. The quantitative estimate of drug-likeness (QED) is 0.891. The van der Waals surface area contributed by atoms with Crippen molar-refractivity contribution in [1.82, 2.24) is 14.7 Å². The van der Waals surface area contributed by atoms with Gasteiger partial charge < -0.3 is 14.8 Å². The first-order valence-corrected chi connectivity index (χ1v) is 7.64. The molecule has 0 aliphatic heterocycles. The van der Waals surface area contributed by atoms with Gasteiger partial charge in [0, 0.05) is 19.3 Å². The fourth-order valence-electron chi connectivity index (χ4n) is 3.02. The largest absolute Gasteiger partial charge is 0.392 e. The molecule has 0 aromatic carbocycles. The molecule has 1 aliphatic rings. The summed E-state index contributed by atoms with van der Waals surface area (Å²) in [6.07, 6.45) is 6.51. The predicted octanol–water partition coefficient (Wildman–Crippen LogP) is 2.63. The van der Waals surface area contributed by atoms with E-state index in [4.69, 9.17) is 11.6 Å². The predicted molar refractivity (Wildman–Crippen MR) is 79.9 cm³/mol. The van der Waals surface area contributed by atoms with Gasteiger partial charge in [-0.15, -0.1) is 0 Å². The maximum atomic E-state index is 10.1. The number of aliphatic hydroxyl groups is 1. The van der Waals surface area contributed by atoms with Crippen molar-refractivity contribution in [2.75, 3.05) is 6.54 Å². The molecule has 1 atom stereocenters. The molecule has 20 heavy (non-hydrogen) atoms. The van der Waals surface area contributed by atoms with Crippen LogP contribution in [0.5, 0.6) is 0 Å². The molecule has 1 unspecified atom stereocenters. The fourth-order valence-corrected chi connectivity index (χ4v) is 3.27. The molecular weight excluding hydrogens is 274 g/mol. The number of imidazole rings is 1. The van der Waals surface area contributed by atoms with E-state index in [1.807, 2.05) is 28.8 Å². The van der Waals surface area contributed by atoms with E-state index in [1.165, 1.54) is 12.8 Å². The van der Waals surface area contributed by atoms with Gasteiger partial charge in [0.1, 0.15) is 5.65 Å². The van der Waals surface area contributed by atoms with Gasteiger partial charge in [0.25, 0.3) is 0 Å². The van der Waals surface area contributed by atoms with E-state index >= 15 is 0 Å². The van der Waals surface area contributed by atoms with Gasteiger partial charge in [-0.3, -0.25) is 0 Å². The smallest absolute Gasteiger partial charge is 0.152 e. The summed E-state index contributed by atoms with van der Waals surface area (Å²) in [5.74, 6) is 0.458. The minimum atomic E-state index is -0.254. The van der Waals surface area contributed by atoms with Crippen molar-refractivity contribution in [2.45, 2.75) is 38.3 Å².